The maximum absolute atomic E-state index is 13.3. The third kappa shape index (κ3) is 5.46. The number of amides is 2. The first-order valence-electron chi connectivity index (χ1n) is 11.8. The van der Waals surface area contributed by atoms with Crippen molar-refractivity contribution in [3.05, 3.63) is 105 Å². The maximum Gasteiger partial charge on any atom is 0.332 e. The smallest absolute Gasteiger partial charge is 0.332 e. The number of carbonyl (C=O) groups is 2. The Kier molecular flexibility index (Phi) is 7.48. The van der Waals surface area contributed by atoms with Gasteiger partial charge in [-0.15, -0.1) is 0 Å². The molecule has 2 N–H and O–H groups in total. The Morgan fingerprint density at radius 2 is 1.72 bits per heavy atom. The monoisotopic (exact) mass is 488 g/mol. The van der Waals surface area contributed by atoms with Gasteiger partial charge >= 0.3 is 5.69 Å². The number of benzene rings is 2. The van der Waals surface area contributed by atoms with Crippen molar-refractivity contribution in [2.75, 3.05) is 0 Å². The number of hydrogen-bond donors (Lipinski definition) is 2. The molecule has 36 heavy (non-hydrogen) atoms. The van der Waals surface area contributed by atoms with Crippen LogP contribution in [0, 0.1) is 0 Å². The Morgan fingerprint density at radius 3 is 2.42 bits per heavy atom. The molecule has 0 aliphatic carbocycles. The molecule has 0 spiro atoms. The van der Waals surface area contributed by atoms with Gasteiger partial charge in [-0.05, 0) is 55.3 Å². The molecule has 9 nitrogen and oxygen atoms in total. The van der Waals surface area contributed by atoms with Crippen LogP contribution in [0.25, 0.3) is 10.9 Å². The summed E-state index contributed by atoms with van der Waals surface area (Å²) in [6.07, 6.45) is 2.30. The number of nitrogens with one attached hydrogen (secondary N) is 2. The van der Waals surface area contributed by atoms with Crippen LogP contribution in [0.3, 0.4) is 0 Å². The number of fused-ring (bicyclic) bond motifs is 1. The van der Waals surface area contributed by atoms with Crippen LogP contribution in [0.2, 0.25) is 0 Å². The summed E-state index contributed by atoms with van der Waals surface area (Å²) >= 11 is 0. The summed E-state index contributed by atoms with van der Waals surface area (Å²) in [5.74, 6) is 0.0759. The molecule has 186 valence electrons. The van der Waals surface area contributed by atoms with Crippen molar-refractivity contribution < 1.29 is 14.0 Å². The molecular weight excluding hydrogens is 460 g/mol. The minimum atomic E-state index is -0.571. The van der Waals surface area contributed by atoms with Crippen molar-refractivity contribution in [3.63, 3.8) is 0 Å². The average molecular weight is 489 g/mol. The SMILES string of the molecule is CC[C@@H](C)NC(=O)Cn1c(=O)n(Cc2ccc(C(=O)NCc3ccco3)cc2)c(=O)c2ccccc21. The molecule has 0 saturated heterocycles. The van der Waals surface area contributed by atoms with Crippen LogP contribution < -0.4 is 21.9 Å². The number of hydrogen-bond acceptors (Lipinski definition) is 5. The van der Waals surface area contributed by atoms with Crippen molar-refractivity contribution in [3.8, 4) is 0 Å². The van der Waals surface area contributed by atoms with Crippen LogP contribution in [-0.2, 0) is 24.4 Å². The highest BCUT2D eigenvalue weighted by Gasteiger charge is 2.16. The van der Waals surface area contributed by atoms with E-state index in [1.165, 1.54) is 10.8 Å². The van der Waals surface area contributed by atoms with Gasteiger partial charge < -0.3 is 15.1 Å². The zero-order valence-corrected chi connectivity index (χ0v) is 20.2. The van der Waals surface area contributed by atoms with E-state index in [1.54, 1.807) is 60.7 Å². The predicted molar refractivity (Wildman–Crippen MR) is 136 cm³/mol. The van der Waals surface area contributed by atoms with Crippen molar-refractivity contribution >= 4 is 22.7 Å². The molecule has 0 aliphatic heterocycles. The molecule has 4 aromatic rings. The van der Waals surface area contributed by atoms with Gasteiger partial charge in [-0.3, -0.25) is 23.5 Å². The van der Waals surface area contributed by atoms with E-state index in [9.17, 15) is 19.2 Å². The van der Waals surface area contributed by atoms with Crippen LogP contribution in [0.1, 0.15) is 41.9 Å². The number of para-hydroxylation sites is 1. The molecule has 0 radical (unpaired) electrons. The number of nitrogens with zero attached hydrogens (tertiary/aromatic N) is 2. The zero-order chi connectivity index (χ0) is 25.7. The van der Waals surface area contributed by atoms with Crippen LogP contribution in [0.5, 0.6) is 0 Å². The Bertz CT molecular complexity index is 1480. The standard InChI is InChI=1S/C27H28N4O5/c1-3-18(2)29-24(32)17-30-23-9-5-4-8-22(23)26(34)31(27(30)35)16-19-10-12-20(13-11-19)25(33)28-15-21-7-6-14-36-21/h4-14,18H,3,15-17H2,1-2H3,(H,28,33)(H,29,32)/t18-/m1/s1. The third-order valence-corrected chi connectivity index (χ3v) is 6.01. The van der Waals surface area contributed by atoms with Crippen molar-refractivity contribution in [1.29, 1.82) is 0 Å². The fraction of sp³-hybridized carbons (Fsp3) is 0.259. The van der Waals surface area contributed by atoms with Gasteiger partial charge in [0.05, 0.1) is 30.3 Å². The maximum atomic E-state index is 13.3. The van der Waals surface area contributed by atoms with Crippen LogP contribution >= 0.6 is 0 Å². The van der Waals surface area contributed by atoms with E-state index in [2.05, 4.69) is 10.6 Å². The first kappa shape index (κ1) is 24.7. The highest BCUT2D eigenvalue weighted by Crippen LogP contribution is 2.10. The van der Waals surface area contributed by atoms with Gasteiger partial charge in [-0.2, -0.15) is 0 Å². The topological polar surface area (TPSA) is 115 Å². The number of rotatable bonds is 9. The fourth-order valence-electron chi connectivity index (χ4n) is 3.86. The van der Waals surface area contributed by atoms with E-state index in [1.807, 2.05) is 13.8 Å². The van der Waals surface area contributed by atoms with Crippen LogP contribution in [-0.4, -0.2) is 27.0 Å². The van der Waals surface area contributed by atoms with Gasteiger partial charge in [0, 0.05) is 11.6 Å². The first-order chi connectivity index (χ1) is 17.4. The van der Waals surface area contributed by atoms with E-state index < -0.39 is 11.2 Å². The third-order valence-electron chi connectivity index (χ3n) is 6.01. The Hall–Kier alpha value is -4.40. The normalized spacial score (nSPS) is 11.8. The Labute approximate surface area is 207 Å². The molecule has 2 aromatic heterocycles. The second-order valence-electron chi connectivity index (χ2n) is 8.61. The van der Waals surface area contributed by atoms with E-state index in [0.717, 1.165) is 11.0 Å². The van der Waals surface area contributed by atoms with Crippen molar-refractivity contribution in [1.82, 2.24) is 19.8 Å². The zero-order valence-electron chi connectivity index (χ0n) is 20.2. The Balaban J connectivity index is 1.59. The minimum Gasteiger partial charge on any atom is -0.467 e. The van der Waals surface area contributed by atoms with Crippen molar-refractivity contribution in [2.24, 2.45) is 0 Å². The van der Waals surface area contributed by atoms with E-state index in [-0.39, 0.29) is 37.5 Å². The summed E-state index contributed by atoms with van der Waals surface area (Å²) in [7, 11) is 0. The molecule has 0 saturated carbocycles. The number of carbonyl (C=O) groups excluding carboxylic acids is 2. The van der Waals surface area contributed by atoms with E-state index in [0.29, 0.717) is 27.8 Å². The molecular formula is C27H28N4O5. The number of furan rings is 1. The fourth-order valence-corrected chi connectivity index (χ4v) is 3.86. The quantitative estimate of drug-likeness (QED) is 0.376. The van der Waals surface area contributed by atoms with Gasteiger partial charge in [0.2, 0.25) is 5.91 Å². The molecule has 9 heteroatoms. The van der Waals surface area contributed by atoms with Crippen LogP contribution in [0.15, 0.2) is 80.9 Å². The lowest BCUT2D eigenvalue weighted by molar-refractivity contribution is -0.122. The lowest BCUT2D eigenvalue weighted by Gasteiger charge is -2.16. The molecule has 2 aromatic carbocycles. The summed E-state index contributed by atoms with van der Waals surface area (Å²) in [6.45, 7) is 3.92. The molecule has 2 heterocycles. The molecule has 1 atom stereocenters. The van der Waals surface area contributed by atoms with E-state index >= 15 is 0 Å². The van der Waals surface area contributed by atoms with Crippen molar-refractivity contribution in [2.45, 2.75) is 45.9 Å². The van der Waals surface area contributed by atoms with Gasteiger partial charge in [-0.25, -0.2) is 4.79 Å². The molecule has 0 aliphatic rings. The summed E-state index contributed by atoms with van der Waals surface area (Å²) in [5, 5.41) is 5.98. The molecule has 0 unspecified atom stereocenters. The minimum absolute atomic E-state index is 0.00375. The van der Waals surface area contributed by atoms with Gasteiger partial charge in [0.25, 0.3) is 11.5 Å². The molecule has 0 bridgehead atoms. The van der Waals surface area contributed by atoms with E-state index in [4.69, 9.17) is 4.42 Å². The summed E-state index contributed by atoms with van der Waals surface area (Å²) in [4.78, 5) is 51.5. The summed E-state index contributed by atoms with van der Waals surface area (Å²) < 4.78 is 7.65. The lowest BCUT2D eigenvalue weighted by Crippen LogP contribution is -2.43. The summed E-state index contributed by atoms with van der Waals surface area (Å²) in [6, 6.07) is 16.9. The van der Waals surface area contributed by atoms with Gasteiger partial charge in [0.1, 0.15) is 12.3 Å². The summed E-state index contributed by atoms with van der Waals surface area (Å²) in [5.41, 5.74) is 0.511. The predicted octanol–water partition coefficient (Wildman–Crippen LogP) is 2.65. The molecule has 4 rings (SSSR count). The largest absolute Gasteiger partial charge is 0.467 e. The highest BCUT2D eigenvalue weighted by atomic mass is 16.3. The van der Waals surface area contributed by atoms with Gasteiger partial charge in [-0.1, -0.05) is 31.2 Å². The van der Waals surface area contributed by atoms with Gasteiger partial charge in [0.15, 0.2) is 0 Å². The first-order valence-corrected chi connectivity index (χ1v) is 11.8. The number of aromatic nitrogens is 2. The lowest BCUT2D eigenvalue weighted by atomic mass is 10.1. The second-order valence-corrected chi connectivity index (χ2v) is 8.61. The average Bonchev–Trinajstić information content (AvgIpc) is 3.41. The van der Waals surface area contributed by atoms with Crippen LogP contribution in [0.4, 0.5) is 0 Å². The Morgan fingerprint density at radius 1 is 0.972 bits per heavy atom. The highest BCUT2D eigenvalue weighted by molar-refractivity contribution is 5.94. The molecule has 2 amide bonds. The molecule has 0 fully saturated rings. The second kappa shape index (κ2) is 10.9.